The normalized spacial score (nSPS) is 12.8. The lowest BCUT2D eigenvalue weighted by Crippen LogP contribution is -2.42. The van der Waals surface area contributed by atoms with Gasteiger partial charge >= 0.3 is 6.09 Å². The average molecular weight is 372 g/mol. The van der Waals surface area contributed by atoms with E-state index in [2.05, 4.69) is 38.5 Å². The number of halogens is 1. The van der Waals surface area contributed by atoms with Gasteiger partial charge in [0, 0.05) is 36.0 Å². The maximum Gasteiger partial charge on any atom is 0.407 e. The Hall–Kier alpha value is -1.14. The Balaban J connectivity index is 2.43. The molecule has 1 unspecified atom stereocenters. The molecule has 0 aliphatic heterocycles. The van der Waals surface area contributed by atoms with Crippen molar-refractivity contribution in [1.29, 1.82) is 0 Å². The highest BCUT2D eigenvalue weighted by atomic mass is 79.9. The molecule has 5 nitrogen and oxygen atoms in total. The number of pyridine rings is 1. The van der Waals surface area contributed by atoms with Crippen LogP contribution in [0.25, 0.3) is 0 Å². The fraction of sp³-hybridized carbons (Fsp3) is 0.625. The van der Waals surface area contributed by atoms with Gasteiger partial charge in [-0.05, 0) is 54.8 Å². The van der Waals surface area contributed by atoms with Crippen molar-refractivity contribution in [2.45, 2.75) is 58.7 Å². The van der Waals surface area contributed by atoms with E-state index in [1.165, 1.54) is 0 Å². The molecule has 6 heteroatoms. The minimum atomic E-state index is -0.472. The molecular formula is C16H26BrN3O2. The molecule has 0 radical (unpaired) electrons. The molecule has 0 fully saturated rings. The molecule has 1 aromatic rings. The van der Waals surface area contributed by atoms with Gasteiger partial charge in [0.2, 0.25) is 0 Å². The number of ether oxygens (including phenoxy) is 1. The summed E-state index contributed by atoms with van der Waals surface area (Å²) in [6, 6.07) is 2.24. The van der Waals surface area contributed by atoms with E-state index in [-0.39, 0.29) is 12.1 Å². The van der Waals surface area contributed by atoms with E-state index in [4.69, 9.17) is 4.74 Å². The van der Waals surface area contributed by atoms with E-state index in [9.17, 15) is 4.79 Å². The number of hydrogen-bond acceptors (Lipinski definition) is 4. The van der Waals surface area contributed by atoms with Crippen molar-refractivity contribution in [3.05, 3.63) is 28.5 Å². The first-order chi connectivity index (χ1) is 10.3. The van der Waals surface area contributed by atoms with Crippen LogP contribution in [0.4, 0.5) is 4.79 Å². The monoisotopic (exact) mass is 371 g/mol. The third-order valence-corrected chi connectivity index (χ3v) is 3.32. The van der Waals surface area contributed by atoms with Crippen molar-refractivity contribution in [2.75, 3.05) is 6.54 Å². The highest BCUT2D eigenvalue weighted by molar-refractivity contribution is 9.10. The summed E-state index contributed by atoms with van der Waals surface area (Å²) in [5.41, 5.74) is 0.632. The van der Waals surface area contributed by atoms with Crippen LogP contribution in [0, 0.1) is 0 Å². The second-order valence-corrected chi connectivity index (χ2v) is 7.18. The summed E-state index contributed by atoms with van der Waals surface area (Å²) in [5.74, 6) is 0. The van der Waals surface area contributed by atoms with Crippen molar-refractivity contribution in [1.82, 2.24) is 15.6 Å². The molecule has 2 N–H and O–H groups in total. The number of carbonyl (C=O) groups excluding carboxylic acids is 1. The first-order valence-electron chi connectivity index (χ1n) is 7.60. The maximum atomic E-state index is 11.7. The number of hydrogen-bond donors (Lipinski definition) is 2. The lowest BCUT2D eigenvalue weighted by atomic mass is 10.1. The Bertz CT molecular complexity index is 475. The summed E-state index contributed by atoms with van der Waals surface area (Å²) in [4.78, 5) is 15.9. The first kappa shape index (κ1) is 18.9. The Kier molecular flexibility index (Phi) is 7.82. The highest BCUT2D eigenvalue weighted by Gasteiger charge is 2.17. The largest absolute Gasteiger partial charge is 0.444 e. The van der Waals surface area contributed by atoms with Gasteiger partial charge < -0.3 is 15.4 Å². The molecular weight excluding hydrogens is 346 g/mol. The molecule has 0 spiro atoms. The summed E-state index contributed by atoms with van der Waals surface area (Å²) in [6.07, 6.45) is 5.25. The van der Waals surface area contributed by atoms with Gasteiger partial charge in [0.1, 0.15) is 5.60 Å². The van der Waals surface area contributed by atoms with Gasteiger partial charge in [-0.15, -0.1) is 0 Å². The quantitative estimate of drug-likeness (QED) is 0.767. The average Bonchev–Trinajstić information content (AvgIpc) is 2.40. The van der Waals surface area contributed by atoms with E-state index < -0.39 is 5.60 Å². The van der Waals surface area contributed by atoms with E-state index in [0.29, 0.717) is 13.1 Å². The van der Waals surface area contributed by atoms with Crippen LogP contribution < -0.4 is 10.6 Å². The molecule has 0 aliphatic rings. The van der Waals surface area contributed by atoms with Gasteiger partial charge in [-0.2, -0.15) is 0 Å². The van der Waals surface area contributed by atoms with E-state index in [0.717, 1.165) is 22.9 Å². The van der Waals surface area contributed by atoms with Gasteiger partial charge in [0.15, 0.2) is 0 Å². The number of amides is 1. The molecule has 0 saturated heterocycles. The smallest absolute Gasteiger partial charge is 0.407 e. The fourth-order valence-corrected chi connectivity index (χ4v) is 2.37. The Morgan fingerprint density at radius 3 is 2.73 bits per heavy atom. The molecule has 124 valence electrons. The zero-order valence-electron chi connectivity index (χ0n) is 13.8. The number of nitrogens with one attached hydrogen (secondary N) is 2. The minimum absolute atomic E-state index is 0.205. The SMILES string of the molecule is CCCC(CNC(=O)OC(C)(C)C)NCc1cncc(Br)c1. The lowest BCUT2D eigenvalue weighted by molar-refractivity contribution is 0.0521. The molecule has 1 heterocycles. The third kappa shape index (κ3) is 8.34. The third-order valence-electron chi connectivity index (χ3n) is 2.89. The topological polar surface area (TPSA) is 63.2 Å². The number of aromatic nitrogens is 1. The van der Waals surface area contributed by atoms with Crippen LogP contribution in [-0.2, 0) is 11.3 Å². The van der Waals surface area contributed by atoms with Gasteiger partial charge in [-0.25, -0.2) is 4.79 Å². The molecule has 1 amide bonds. The Labute approximate surface area is 141 Å². The molecule has 1 atom stereocenters. The molecule has 0 aliphatic carbocycles. The van der Waals surface area contributed by atoms with Crippen molar-refractivity contribution in [3.63, 3.8) is 0 Å². The zero-order chi connectivity index (χ0) is 16.6. The van der Waals surface area contributed by atoms with Crippen LogP contribution in [0.1, 0.15) is 46.1 Å². The van der Waals surface area contributed by atoms with Crippen LogP contribution in [0.15, 0.2) is 22.9 Å². The van der Waals surface area contributed by atoms with Crippen LogP contribution in [0.3, 0.4) is 0 Å². The van der Waals surface area contributed by atoms with Crippen molar-refractivity contribution in [3.8, 4) is 0 Å². The zero-order valence-corrected chi connectivity index (χ0v) is 15.4. The Morgan fingerprint density at radius 1 is 1.41 bits per heavy atom. The summed E-state index contributed by atoms with van der Waals surface area (Å²) in [7, 11) is 0. The maximum absolute atomic E-state index is 11.7. The second kappa shape index (κ2) is 9.10. The predicted molar refractivity (Wildman–Crippen MR) is 91.7 cm³/mol. The summed E-state index contributed by atoms with van der Waals surface area (Å²) in [6.45, 7) is 8.96. The molecule has 0 saturated carbocycles. The summed E-state index contributed by atoms with van der Waals surface area (Å²) in [5, 5.41) is 6.27. The van der Waals surface area contributed by atoms with E-state index in [1.807, 2.05) is 33.0 Å². The first-order valence-corrected chi connectivity index (χ1v) is 8.39. The van der Waals surface area contributed by atoms with Gasteiger partial charge in [-0.1, -0.05) is 13.3 Å². The van der Waals surface area contributed by atoms with E-state index >= 15 is 0 Å². The number of rotatable bonds is 7. The van der Waals surface area contributed by atoms with Crippen molar-refractivity contribution >= 4 is 22.0 Å². The molecule has 0 aromatic carbocycles. The van der Waals surface area contributed by atoms with Gasteiger partial charge in [0.25, 0.3) is 0 Å². The molecule has 1 aromatic heterocycles. The predicted octanol–water partition coefficient (Wildman–Crippen LogP) is 3.63. The summed E-state index contributed by atoms with van der Waals surface area (Å²) >= 11 is 3.41. The number of alkyl carbamates (subject to hydrolysis) is 1. The van der Waals surface area contributed by atoms with Crippen LogP contribution >= 0.6 is 15.9 Å². The molecule has 0 bridgehead atoms. The van der Waals surface area contributed by atoms with Crippen LogP contribution in [-0.4, -0.2) is 29.3 Å². The van der Waals surface area contributed by atoms with Crippen molar-refractivity contribution in [2.24, 2.45) is 0 Å². The minimum Gasteiger partial charge on any atom is -0.444 e. The summed E-state index contributed by atoms with van der Waals surface area (Å²) < 4.78 is 6.21. The number of nitrogens with zero attached hydrogens (tertiary/aromatic N) is 1. The van der Waals surface area contributed by atoms with Gasteiger partial charge in [0.05, 0.1) is 0 Å². The standard InChI is InChI=1S/C16H26BrN3O2/c1-5-6-14(11-20-15(21)22-16(2,3)4)19-9-12-7-13(17)10-18-8-12/h7-8,10,14,19H,5-6,9,11H2,1-4H3,(H,20,21). The Morgan fingerprint density at radius 2 is 2.14 bits per heavy atom. The van der Waals surface area contributed by atoms with Gasteiger partial charge in [-0.3, -0.25) is 4.98 Å². The highest BCUT2D eigenvalue weighted by Crippen LogP contribution is 2.10. The number of carbonyl (C=O) groups is 1. The molecule has 1 rings (SSSR count). The van der Waals surface area contributed by atoms with Crippen LogP contribution in [0.5, 0.6) is 0 Å². The van der Waals surface area contributed by atoms with E-state index in [1.54, 1.807) is 6.20 Å². The molecule has 22 heavy (non-hydrogen) atoms. The lowest BCUT2D eigenvalue weighted by Gasteiger charge is -2.22. The van der Waals surface area contributed by atoms with Crippen molar-refractivity contribution < 1.29 is 9.53 Å². The van der Waals surface area contributed by atoms with Crippen LogP contribution in [0.2, 0.25) is 0 Å². The fourth-order valence-electron chi connectivity index (χ4n) is 1.96. The second-order valence-electron chi connectivity index (χ2n) is 6.26.